The number of ether oxygens (including phenoxy) is 3. The Labute approximate surface area is 296 Å². The summed E-state index contributed by atoms with van der Waals surface area (Å²) in [4.78, 5) is 52.5. The Balaban J connectivity index is 1.60. The minimum absolute atomic E-state index is 0.0462. The van der Waals surface area contributed by atoms with E-state index in [9.17, 15) is 14.4 Å². The Morgan fingerprint density at radius 1 is 1.06 bits per heavy atom. The van der Waals surface area contributed by atoms with Crippen molar-refractivity contribution in [3.63, 3.8) is 0 Å². The molecule has 1 N–H and O–H groups in total. The van der Waals surface area contributed by atoms with Gasteiger partial charge in [0.1, 0.15) is 35.6 Å². The highest BCUT2D eigenvalue weighted by Crippen LogP contribution is 2.38. The van der Waals surface area contributed by atoms with E-state index in [-0.39, 0.29) is 24.4 Å². The fraction of sp³-hybridized carbons (Fsp3) is 0.605. The van der Waals surface area contributed by atoms with Gasteiger partial charge in [0.2, 0.25) is 11.8 Å². The van der Waals surface area contributed by atoms with Crippen molar-refractivity contribution in [2.45, 2.75) is 117 Å². The first-order valence-electron chi connectivity index (χ1n) is 17.3. The van der Waals surface area contributed by atoms with Gasteiger partial charge >= 0.3 is 12.1 Å². The van der Waals surface area contributed by atoms with Crippen molar-refractivity contribution in [3.05, 3.63) is 48.1 Å². The Morgan fingerprint density at radius 3 is 2.41 bits per heavy atom. The number of allylic oxidation sites excluding steroid dienone is 1. The Bertz CT molecular complexity index is 1550. The van der Waals surface area contributed by atoms with Crippen LogP contribution in [0.4, 0.5) is 4.79 Å². The van der Waals surface area contributed by atoms with Crippen molar-refractivity contribution in [1.82, 2.24) is 20.2 Å². The smallest absolute Gasteiger partial charge is 0.408 e. The first-order valence-corrected chi connectivity index (χ1v) is 17.7. The highest BCUT2D eigenvalue weighted by Gasteiger charge is 2.51. The van der Waals surface area contributed by atoms with Crippen molar-refractivity contribution in [2.24, 2.45) is 23.2 Å². The number of likely N-dealkylation sites (tertiary alicyclic amines) is 1. The van der Waals surface area contributed by atoms with E-state index < -0.39 is 53.1 Å². The van der Waals surface area contributed by atoms with Gasteiger partial charge in [0.15, 0.2) is 0 Å². The number of benzene rings is 1. The molecular weight excluding hydrogens is 644 g/mol. The molecular formula is C38H53ClN4O6. The second-order valence-corrected chi connectivity index (χ2v) is 16.0. The van der Waals surface area contributed by atoms with E-state index in [0.29, 0.717) is 27.7 Å². The molecule has 1 aliphatic carbocycles. The molecule has 1 saturated heterocycles. The van der Waals surface area contributed by atoms with Crippen LogP contribution in [-0.2, 0) is 19.1 Å². The van der Waals surface area contributed by atoms with Gasteiger partial charge in [0.25, 0.3) is 0 Å². The molecule has 1 aromatic heterocycles. The molecule has 7 atom stereocenters. The van der Waals surface area contributed by atoms with Crippen LogP contribution in [0, 0.1) is 23.2 Å². The maximum atomic E-state index is 14.5. The minimum Gasteiger partial charge on any atom is -0.471 e. The molecule has 0 radical (unpaired) electrons. The van der Waals surface area contributed by atoms with Gasteiger partial charge < -0.3 is 24.4 Å². The highest BCUT2D eigenvalue weighted by molar-refractivity contribution is 6.31. The lowest BCUT2D eigenvalue weighted by molar-refractivity contribution is -0.165. The molecule has 11 heteroatoms. The van der Waals surface area contributed by atoms with Gasteiger partial charge in [-0.15, -0.1) is 6.58 Å². The summed E-state index contributed by atoms with van der Waals surface area (Å²) in [5, 5.41) is 3.38. The van der Waals surface area contributed by atoms with Crippen LogP contribution < -0.4 is 10.1 Å². The van der Waals surface area contributed by atoms with E-state index in [4.69, 9.17) is 25.8 Å². The molecule has 268 valence electrons. The van der Waals surface area contributed by atoms with Gasteiger partial charge in [-0.25, -0.2) is 19.6 Å². The number of unbranched alkanes of at least 4 members (excludes halogenated alkanes) is 1. The number of carbonyl (C=O) groups is 3. The zero-order valence-corrected chi connectivity index (χ0v) is 31.0. The quantitative estimate of drug-likeness (QED) is 0.144. The van der Waals surface area contributed by atoms with Crippen LogP contribution in [0.1, 0.15) is 93.2 Å². The summed E-state index contributed by atoms with van der Waals surface area (Å²) < 4.78 is 18.3. The van der Waals surface area contributed by atoms with Crippen molar-refractivity contribution in [2.75, 3.05) is 6.54 Å². The Hall–Kier alpha value is -3.66. The molecule has 2 amide bonds. The van der Waals surface area contributed by atoms with Crippen LogP contribution in [0.15, 0.2) is 37.4 Å². The van der Waals surface area contributed by atoms with Gasteiger partial charge in [-0.3, -0.25) is 4.79 Å². The monoisotopic (exact) mass is 696 g/mol. The molecule has 49 heavy (non-hydrogen) atoms. The van der Waals surface area contributed by atoms with Crippen LogP contribution in [0.5, 0.6) is 5.88 Å². The molecule has 2 aliphatic rings. The lowest BCUT2D eigenvalue weighted by Crippen LogP contribution is -2.58. The molecule has 1 saturated carbocycles. The Morgan fingerprint density at radius 2 is 1.78 bits per heavy atom. The number of aromatic nitrogens is 2. The normalized spacial score (nSPS) is 24.7. The summed E-state index contributed by atoms with van der Waals surface area (Å²) in [6.45, 7) is 22.7. The fourth-order valence-corrected chi connectivity index (χ4v) is 7.03. The van der Waals surface area contributed by atoms with Crippen molar-refractivity contribution < 1.29 is 28.6 Å². The number of amides is 2. The molecule has 2 aromatic rings. The number of esters is 1. The molecule has 2 fully saturated rings. The number of rotatable bonds is 11. The summed E-state index contributed by atoms with van der Waals surface area (Å²) in [5.41, 5.74) is 0.0560. The van der Waals surface area contributed by atoms with Gasteiger partial charge in [-0.2, -0.15) is 0 Å². The van der Waals surface area contributed by atoms with E-state index in [1.165, 1.54) is 4.90 Å². The van der Waals surface area contributed by atoms with Gasteiger partial charge in [-0.05, 0) is 94.4 Å². The lowest BCUT2D eigenvalue weighted by atomic mass is 9.85. The topological polar surface area (TPSA) is 120 Å². The van der Waals surface area contributed by atoms with E-state index >= 15 is 0 Å². The number of hydrogen-bond acceptors (Lipinski definition) is 8. The van der Waals surface area contributed by atoms with Crippen LogP contribution in [-0.4, -0.2) is 69.3 Å². The predicted octanol–water partition coefficient (Wildman–Crippen LogP) is 7.77. The summed E-state index contributed by atoms with van der Waals surface area (Å²) >= 11 is 6.22. The highest BCUT2D eigenvalue weighted by atomic mass is 35.5. The number of carbonyl (C=O) groups excluding carboxylic acids is 3. The van der Waals surface area contributed by atoms with E-state index in [2.05, 4.69) is 35.4 Å². The van der Waals surface area contributed by atoms with Crippen LogP contribution in [0.25, 0.3) is 17.1 Å². The SMILES string of the molecule is C=CCCC[C@@H]1[C@@H](C)CC[C@H]1OC(=O)N[C@H](C(=O)N1C[C@H](Oc2nc3cc(Cl)ccc3nc2C=C)[C@@H](C)[C@H]1C(=O)OC(C)(C)C)C(C)(C)C. The molecule has 0 unspecified atom stereocenters. The second kappa shape index (κ2) is 15.5. The molecule has 0 bridgehead atoms. The van der Waals surface area contributed by atoms with Crippen LogP contribution in [0.3, 0.4) is 0 Å². The second-order valence-electron chi connectivity index (χ2n) is 15.6. The van der Waals surface area contributed by atoms with Crippen molar-refractivity contribution >= 4 is 46.7 Å². The average molecular weight is 697 g/mol. The first kappa shape index (κ1) is 38.1. The summed E-state index contributed by atoms with van der Waals surface area (Å²) in [7, 11) is 0. The molecule has 1 aliphatic heterocycles. The number of nitrogens with one attached hydrogen (secondary N) is 1. The standard InChI is InChI=1S/C38H53ClN4O6/c1-11-13-14-15-25-22(3)16-19-29(25)48-36(46)42-32(37(5,6)7)34(44)43-21-30(23(4)31(43)35(45)49-38(8,9)10)47-33-26(12-2)40-27-18-17-24(39)20-28(27)41-33/h11-12,17-18,20,22-23,25,29-32H,1-2,13-16,19,21H2,3-10H3,(H,42,46)/t22-,23+,25+,29+,30-,31-,32+/m0/s1. The van der Waals surface area contributed by atoms with Crippen LogP contribution >= 0.6 is 11.6 Å². The number of nitrogens with zero attached hydrogens (tertiary/aromatic N) is 3. The third kappa shape index (κ3) is 9.32. The molecule has 10 nitrogen and oxygen atoms in total. The third-order valence-corrected chi connectivity index (χ3v) is 9.73. The first-order chi connectivity index (χ1) is 22.9. The lowest BCUT2D eigenvalue weighted by Gasteiger charge is -2.36. The van der Waals surface area contributed by atoms with E-state index in [0.717, 1.165) is 32.1 Å². The van der Waals surface area contributed by atoms with E-state index in [1.807, 2.05) is 33.8 Å². The van der Waals surface area contributed by atoms with Crippen LogP contribution in [0.2, 0.25) is 5.02 Å². The third-order valence-electron chi connectivity index (χ3n) is 9.50. The summed E-state index contributed by atoms with van der Waals surface area (Å²) in [6, 6.07) is 3.20. The van der Waals surface area contributed by atoms with Gasteiger partial charge in [0, 0.05) is 10.9 Å². The van der Waals surface area contributed by atoms with Gasteiger partial charge in [0.05, 0.1) is 17.6 Å². The molecule has 1 aromatic carbocycles. The number of halogens is 1. The molecule has 2 heterocycles. The largest absolute Gasteiger partial charge is 0.471 e. The van der Waals surface area contributed by atoms with Crippen molar-refractivity contribution in [3.8, 4) is 5.88 Å². The predicted molar refractivity (Wildman–Crippen MR) is 192 cm³/mol. The fourth-order valence-electron chi connectivity index (χ4n) is 6.86. The zero-order valence-electron chi connectivity index (χ0n) is 30.3. The minimum atomic E-state index is -1.000. The number of hydrogen-bond donors (Lipinski definition) is 1. The van der Waals surface area contributed by atoms with Gasteiger partial charge in [-0.1, -0.05) is 58.9 Å². The molecule has 4 rings (SSSR count). The maximum Gasteiger partial charge on any atom is 0.408 e. The summed E-state index contributed by atoms with van der Waals surface area (Å²) in [5.74, 6) is -0.596. The number of alkyl carbamates (subject to hydrolysis) is 1. The maximum absolute atomic E-state index is 14.5. The van der Waals surface area contributed by atoms with Crippen molar-refractivity contribution in [1.29, 1.82) is 0 Å². The number of fused-ring (bicyclic) bond motifs is 1. The zero-order chi connectivity index (χ0) is 36.3. The Kier molecular flexibility index (Phi) is 12.1. The molecule has 0 spiro atoms. The average Bonchev–Trinajstić information content (AvgIpc) is 3.52. The summed E-state index contributed by atoms with van der Waals surface area (Å²) in [6.07, 6.45) is 6.52. The van der Waals surface area contributed by atoms with E-state index in [1.54, 1.807) is 45.0 Å².